The fourth-order valence-electron chi connectivity index (χ4n) is 7.34. The van der Waals surface area contributed by atoms with E-state index in [1.807, 2.05) is 6.07 Å². The number of nitriles is 1. The Hall–Kier alpha value is -5.51. The van der Waals surface area contributed by atoms with Crippen LogP contribution in [0, 0.1) is 41.6 Å². The predicted octanol–water partition coefficient (Wildman–Crippen LogP) is 9.17. The summed E-state index contributed by atoms with van der Waals surface area (Å²) in [6.45, 7) is 15.4. The number of thioether (sulfide) groups is 2. The highest BCUT2D eigenvalue weighted by Gasteiger charge is 2.36. The van der Waals surface area contributed by atoms with Gasteiger partial charge in [0.05, 0.1) is 70.5 Å². The van der Waals surface area contributed by atoms with E-state index in [1.165, 1.54) is 0 Å². The van der Waals surface area contributed by atoms with Crippen molar-refractivity contribution in [2.24, 2.45) is 23.7 Å². The molecular formula is C45H48N2O11S2. The Balaban J connectivity index is 1.10. The van der Waals surface area contributed by atoms with Gasteiger partial charge in [0, 0.05) is 12.2 Å². The van der Waals surface area contributed by atoms with Crippen LogP contribution in [0.15, 0.2) is 81.4 Å². The highest BCUT2D eigenvalue weighted by Crippen LogP contribution is 2.59. The normalized spacial score (nSPS) is 20.2. The summed E-state index contributed by atoms with van der Waals surface area (Å²) in [7, 11) is 0. The molecule has 0 bridgehead atoms. The van der Waals surface area contributed by atoms with Crippen molar-refractivity contribution in [1.29, 1.82) is 5.26 Å². The van der Waals surface area contributed by atoms with E-state index < -0.39 is 17.9 Å². The van der Waals surface area contributed by atoms with Gasteiger partial charge in [0.1, 0.15) is 17.2 Å². The average molecular weight is 857 g/mol. The molecule has 5 rings (SSSR count). The third kappa shape index (κ3) is 13.0. The van der Waals surface area contributed by atoms with E-state index in [4.69, 9.17) is 35.0 Å². The lowest BCUT2D eigenvalue weighted by Gasteiger charge is -2.36. The summed E-state index contributed by atoms with van der Waals surface area (Å²) in [5.74, 6) is -0.482. The molecule has 15 heteroatoms. The Morgan fingerprint density at radius 2 is 1.17 bits per heavy atom. The minimum absolute atomic E-state index is 0.106. The molecule has 0 unspecified atom stereocenters. The highest BCUT2D eigenvalue weighted by molar-refractivity contribution is 8.24. The van der Waals surface area contributed by atoms with E-state index in [1.54, 1.807) is 36.4 Å². The van der Waals surface area contributed by atoms with Crippen LogP contribution < -0.4 is 14.2 Å². The Kier molecular flexibility index (Phi) is 17.7. The minimum Gasteiger partial charge on any atom is -0.494 e. The lowest BCUT2D eigenvalue weighted by Crippen LogP contribution is -2.31. The van der Waals surface area contributed by atoms with E-state index in [0.717, 1.165) is 74.2 Å². The standard InChI is InChI=1S/C45H48N2O11S2/c1-4-38(48)54-25-7-6-24-53-34-20-18-33(19-21-34)44(52)58-37-23-22-36(40-41(37)60-45(59-40)35(28-46)47-3)57-43(51)32-16-12-30(13-17-32)29-10-14-31(15-11-29)42(50)56-27-9-8-26-55-39(49)5-2/h4-5,18-23,29-32H,1-2,6-17,24-27H2/b45-35-. The van der Waals surface area contributed by atoms with E-state index >= 15 is 0 Å². The van der Waals surface area contributed by atoms with Gasteiger partial charge in [-0.2, -0.15) is 0 Å². The first-order valence-electron chi connectivity index (χ1n) is 20.1. The van der Waals surface area contributed by atoms with Crippen molar-refractivity contribution in [2.75, 3.05) is 26.4 Å². The van der Waals surface area contributed by atoms with Crippen LogP contribution in [0.5, 0.6) is 17.2 Å². The van der Waals surface area contributed by atoms with Crippen molar-refractivity contribution in [3.8, 4) is 23.3 Å². The molecule has 0 spiro atoms. The van der Waals surface area contributed by atoms with Gasteiger partial charge in [0.2, 0.25) is 0 Å². The molecule has 2 fully saturated rings. The summed E-state index contributed by atoms with van der Waals surface area (Å²) in [5.41, 5.74) is 0.155. The number of hydrogen-bond donors (Lipinski definition) is 0. The van der Waals surface area contributed by atoms with E-state index in [9.17, 15) is 29.2 Å². The van der Waals surface area contributed by atoms with Gasteiger partial charge >= 0.3 is 29.8 Å². The first kappa shape index (κ1) is 45.6. The van der Waals surface area contributed by atoms with E-state index in [2.05, 4.69) is 18.0 Å². The zero-order valence-corrected chi connectivity index (χ0v) is 35.0. The molecule has 0 N–H and O–H groups in total. The van der Waals surface area contributed by atoms with Gasteiger partial charge in [0.15, 0.2) is 0 Å². The molecule has 0 radical (unpaired) electrons. The number of esters is 5. The quantitative estimate of drug-likeness (QED) is 0.0249. The molecule has 2 aromatic rings. The lowest BCUT2D eigenvalue weighted by molar-refractivity contribution is -0.151. The largest absolute Gasteiger partial charge is 0.494 e. The highest BCUT2D eigenvalue weighted by atomic mass is 32.2. The number of nitrogens with zero attached hydrogens (tertiary/aromatic N) is 2. The monoisotopic (exact) mass is 856 g/mol. The summed E-state index contributed by atoms with van der Waals surface area (Å²) >= 11 is 2.25. The van der Waals surface area contributed by atoms with Gasteiger partial charge in [-0.1, -0.05) is 36.7 Å². The second-order valence-electron chi connectivity index (χ2n) is 14.5. The Bertz CT molecular complexity index is 2000. The molecule has 60 heavy (non-hydrogen) atoms. The summed E-state index contributed by atoms with van der Waals surface area (Å²) in [6.07, 6.45) is 11.4. The maximum atomic E-state index is 13.6. The zero-order chi connectivity index (χ0) is 42.9. The van der Waals surface area contributed by atoms with Gasteiger partial charge < -0.3 is 28.4 Å². The number of carbonyl (C=O) groups is 5. The van der Waals surface area contributed by atoms with Gasteiger partial charge in [-0.05, 0) is 125 Å². The lowest BCUT2D eigenvalue weighted by atomic mass is 9.69. The van der Waals surface area contributed by atoms with Crippen molar-refractivity contribution in [3.63, 3.8) is 0 Å². The summed E-state index contributed by atoms with van der Waals surface area (Å²) < 4.78 is 33.3. The van der Waals surface area contributed by atoms with Crippen LogP contribution in [0.25, 0.3) is 4.85 Å². The fraction of sp³-hybridized carbons (Fsp3) is 0.444. The van der Waals surface area contributed by atoms with Crippen molar-refractivity contribution in [2.45, 2.75) is 86.8 Å². The molecule has 0 saturated heterocycles. The van der Waals surface area contributed by atoms with E-state index in [0.29, 0.717) is 83.4 Å². The second-order valence-corrected chi connectivity index (χ2v) is 16.8. The van der Waals surface area contributed by atoms with Crippen LogP contribution in [0.4, 0.5) is 0 Å². The minimum atomic E-state index is -0.631. The van der Waals surface area contributed by atoms with Gasteiger partial charge in [-0.3, -0.25) is 9.59 Å². The SMILES string of the molecule is [C-]#[N+]/C(C#N)=C1\Sc2c(OC(=O)c3ccc(OCCCCOC(=O)C=C)cc3)ccc(OC(=O)C3CCC(C4CCC(C(=O)OCCCCOC(=O)C=C)CC4)CC3)c2S1. The molecule has 1 heterocycles. The van der Waals surface area contributed by atoms with Gasteiger partial charge in [-0.25, -0.2) is 24.5 Å². The van der Waals surface area contributed by atoms with Gasteiger partial charge in [-0.15, -0.1) is 0 Å². The molecule has 13 nitrogen and oxygen atoms in total. The molecular weight excluding hydrogens is 809 g/mol. The van der Waals surface area contributed by atoms with Crippen LogP contribution in [0.1, 0.15) is 87.4 Å². The summed E-state index contributed by atoms with van der Waals surface area (Å²) in [6, 6.07) is 11.5. The number of ether oxygens (including phenoxy) is 6. The van der Waals surface area contributed by atoms with Crippen molar-refractivity contribution in [1.82, 2.24) is 0 Å². The maximum absolute atomic E-state index is 13.6. The summed E-state index contributed by atoms with van der Waals surface area (Å²) in [4.78, 5) is 66.0. The summed E-state index contributed by atoms with van der Waals surface area (Å²) in [5, 5.41) is 9.60. The molecule has 0 atom stereocenters. The fourth-order valence-corrected chi connectivity index (χ4v) is 9.81. The van der Waals surface area contributed by atoms with Crippen LogP contribution in [0.3, 0.4) is 0 Å². The number of allylic oxidation sites excluding steroid dienone is 1. The predicted molar refractivity (Wildman–Crippen MR) is 223 cm³/mol. The topological polar surface area (TPSA) is 169 Å². The molecule has 0 amide bonds. The number of unbranched alkanes of at least 4 members (excludes halogenated alkanes) is 2. The molecule has 3 aliphatic rings. The van der Waals surface area contributed by atoms with Crippen molar-refractivity contribution < 1.29 is 52.4 Å². The van der Waals surface area contributed by atoms with Crippen molar-refractivity contribution >= 4 is 53.4 Å². The Labute approximate surface area is 358 Å². The Morgan fingerprint density at radius 3 is 1.67 bits per heavy atom. The molecule has 1 aliphatic heterocycles. The van der Waals surface area contributed by atoms with E-state index in [-0.39, 0.29) is 59.7 Å². The van der Waals surface area contributed by atoms with Crippen LogP contribution in [-0.2, 0) is 33.4 Å². The van der Waals surface area contributed by atoms with Crippen LogP contribution in [-0.4, -0.2) is 56.3 Å². The number of hydrogen-bond acceptors (Lipinski definition) is 14. The third-order valence-corrected chi connectivity index (χ3v) is 13.2. The van der Waals surface area contributed by atoms with Crippen LogP contribution >= 0.6 is 23.5 Å². The second kappa shape index (κ2) is 23.3. The average Bonchev–Trinajstić information content (AvgIpc) is 3.73. The number of carbonyl (C=O) groups excluding carboxylic acids is 5. The Morgan fingerprint density at radius 1 is 0.683 bits per heavy atom. The molecule has 2 saturated carbocycles. The number of rotatable bonds is 19. The molecule has 2 aromatic carbocycles. The number of benzene rings is 2. The maximum Gasteiger partial charge on any atom is 0.343 e. The third-order valence-electron chi connectivity index (χ3n) is 10.6. The van der Waals surface area contributed by atoms with Gasteiger partial charge in [0.25, 0.3) is 5.70 Å². The molecule has 316 valence electrons. The number of fused-ring (bicyclic) bond motifs is 1. The first-order chi connectivity index (χ1) is 29.1. The smallest absolute Gasteiger partial charge is 0.343 e. The van der Waals surface area contributed by atoms with Crippen LogP contribution in [0.2, 0.25) is 0 Å². The van der Waals surface area contributed by atoms with Crippen molar-refractivity contribution in [3.05, 3.63) is 88.6 Å². The molecule has 0 aromatic heterocycles. The zero-order valence-electron chi connectivity index (χ0n) is 33.4. The molecule has 2 aliphatic carbocycles. The first-order valence-corrected chi connectivity index (χ1v) is 21.7.